The second kappa shape index (κ2) is 8.38. The summed E-state index contributed by atoms with van der Waals surface area (Å²) in [6, 6.07) is 2.53. The first kappa shape index (κ1) is 16.3. The molecule has 2 unspecified atom stereocenters. The highest BCUT2D eigenvalue weighted by molar-refractivity contribution is 4.87. The van der Waals surface area contributed by atoms with E-state index in [-0.39, 0.29) is 0 Å². The summed E-state index contributed by atoms with van der Waals surface area (Å²) in [6.45, 7) is 5.84. The number of hydrogen-bond donors (Lipinski definition) is 1. The number of nitrogens with one attached hydrogen (secondary N) is 1. The first-order valence-electron chi connectivity index (χ1n) is 9.19. The van der Waals surface area contributed by atoms with E-state index in [4.69, 9.17) is 0 Å². The zero-order valence-electron chi connectivity index (χ0n) is 14.0. The van der Waals surface area contributed by atoms with E-state index >= 15 is 0 Å². The molecule has 0 aromatic heterocycles. The van der Waals surface area contributed by atoms with E-state index in [1.807, 2.05) is 0 Å². The lowest BCUT2D eigenvalue weighted by molar-refractivity contribution is 0.0858. The van der Waals surface area contributed by atoms with Crippen LogP contribution in [0.5, 0.6) is 0 Å². The fraction of sp³-hybridized carbons (Fsp3) is 1.00. The molecule has 0 aliphatic heterocycles. The van der Waals surface area contributed by atoms with Gasteiger partial charge in [0.2, 0.25) is 0 Å². The predicted molar refractivity (Wildman–Crippen MR) is 88.1 cm³/mol. The van der Waals surface area contributed by atoms with Gasteiger partial charge in [-0.15, -0.1) is 0 Å². The minimum atomic E-state index is 0.800. The van der Waals surface area contributed by atoms with Crippen molar-refractivity contribution in [3.8, 4) is 0 Å². The normalized spacial score (nSPS) is 35.4. The van der Waals surface area contributed by atoms with Crippen LogP contribution in [0.25, 0.3) is 0 Å². The molecule has 1 N–H and O–H groups in total. The Balaban J connectivity index is 1.75. The SMILES string of the molecule is CCCNC1CCC(N(C)C2CCCC(CC)C2)CC1. The molecule has 0 heterocycles. The van der Waals surface area contributed by atoms with Crippen LogP contribution in [0.4, 0.5) is 0 Å². The third-order valence-corrected chi connectivity index (χ3v) is 5.86. The molecule has 2 rings (SSSR count). The van der Waals surface area contributed by atoms with Crippen LogP contribution in [0.15, 0.2) is 0 Å². The molecule has 2 fully saturated rings. The summed E-state index contributed by atoms with van der Waals surface area (Å²) in [5.74, 6) is 0.999. The van der Waals surface area contributed by atoms with E-state index in [9.17, 15) is 0 Å². The monoisotopic (exact) mass is 280 g/mol. The van der Waals surface area contributed by atoms with Crippen molar-refractivity contribution >= 4 is 0 Å². The van der Waals surface area contributed by atoms with E-state index in [1.54, 1.807) is 0 Å². The number of rotatable bonds is 6. The summed E-state index contributed by atoms with van der Waals surface area (Å²) >= 11 is 0. The van der Waals surface area contributed by atoms with Crippen molar-refractivity contribution in [2.75, 3.05) is 13.6 Å². The Morgan fingerprint density at radius 2 is 1.70 bits per heavy atom. The van der Waals surface area contributed by atoms with E-state index in [0.29, 0.717) is 0 Å². The van der Waals surface area contributed by atoms with Gasteiger partial charge in [-0.3, -0.25) is 0 Å². The number of hydrogen-bond acceptors (Lipinski definition) is 2. The summed E-state index contributed by atoms with van der Waals surface area (Å²) in [5.41, 5.74) is 0. The standard InChI is InChI=1S/C18H36N2/c1-4-13-19-16-9-11-17(12-10-16)20(3)18-8-6-7-15(5-2)14-18/h15-19H,4-14H2,1-3H3. The maximum absolute atomic E-state index is 3.71. The molecule has 2 aliphatic carbocycles. The Hall–Kier alpha value is -0.0800. The molecule has 118 valence electrons. The second-order valence-corrected chi connectivity index (χ2v) is 7.22. The van der Waals surface area contributed by atoms with Crippen molar-refractivity contribution in [3.05, 3.63) is 0 Å². The largest absolute Gasteiger partial charge is 0.314 e. The maximum atomic E-state index is 3.71. The van der Waals surface area contributed by atoms with Crippen molar-refractivity contribution in [1.82, 2.24) is 10.2 Å². The molecule has 0 saturated heterocycles. The van der Waals surface area contributed by atoms with Gasteiger partial charge in [-0.2, -0.15) is 0 Å². The third kappa shape index (κ3) is 4.46. The van der Waals surface area contributed by atoms with Gasteiger partial charge >= 0.3 is 0 Å². The van der Waals surface area contributed by atoms with Gasteiger partial charge in [-0.05, 0) is 64.5 Å². The van der Waals surface area contributed by atoms with Gasteiger partial charge in [-0.25, -0.2) is 0 Å². The van der Waals surface area contributed by atoms with Crippen LogP contribution in [-0.2, 0) is 0 Å². The molecule has 0 amide bonds. The Morgan fingerprint density at radius 3 is 2.35 bits per heavy atom. The molecule has 2 nitrogen and oxygen atoms in total. The maximum Gasteiger partial charge on any atom is 0.00977 e. The lowest BCUT2D eigenvalue weighted by atomic mass is 9.82. The zero-order valence-corrected chi connectivity index (χ0v) is 14.0. The second-order valence-electron chi connectivity index (χ2n) is 7.22. The fourth-order valence-electron chi connectivity index (χ4n) is 4.34. The molecule has 2 heteroatoms. The van der Waals surface area contributed by atoms with Crippen LogP contribution < -0.4 is 5.32 Å². The van der Waals surface area contributed by atoms with Crippen molar-refractivity contribution in [2.45, 2.75) is 96.2 Å². The summed E-state index contributed by atoms with van der Waals surface area (Å²) in [7, 11) is 2.41. The minimum absolute atomic E-state index is 0.800. The molecule has 2 aliphatic rings. The van der Waals surface area contributed by atoms with Gasteiger partial charge in [0, 0.05) is 18.1 Å². The van der Waals surface area contributed by atoms with Gasteiger partial charge in [0.25, 0.3) is 0 Å². The van der Waals surface area contributed by atoms with Crippen molar-refractivity contribution in [2.24, 2.45) is 5.92 Å². The first-order valence-corrected chi connectivity index (χ1v) is 9.19. The summed E-state index contributed by atoms with van der Waals surface area (Å²) in [5, 5.41) is 3.71. The van der Waals surface area contributed by atoms with Gasteiger partial charge in [0.05, 0.1) is 0 Å². The van der Waals surface area contributed by atoms with E-state index in [0.717, 1.165) is 24.0 Å². The molecule has 0 bridgehead atoms. The van der Waals surface area contributed by atoms with Crippen LogP contribution in [0.3, 0.4) is 0 Å². The number of nitrogens with zero attached hydrogens (tertiary/aromatic N) is 1. The Labute approximate surface area is 126 Å². The topological polar surface area (TPSA) is 15.3 Å². The summed E-state index contributed by atoms with van der Waals surface area (Å²) < 4.78 is 0. The van der Waals surface area contributed by atoms with Gasteiger partial charge < -0.3 is 10.2 Å². The molecular formula is C18H36N2. The average Bonchev–Trinajstić information content (AvgIpc) is 2.52. The quantitative estimate of drug-likeness (QED) is 0.784. The zero-order chi connectivity index (χ0) is 14.4. The van der Waals surface area contributed by atoms with E-state index in [1.165, 1.54) is 70.8 Å². The van der Waals surface area contributed by atoms with Crippen LogP contribution in [0.1, 0.15) is 78.1 Å². The van der Waals surface area contributed by atoms with Crippen LogP contribution >= 0.6 is 0 Å². The highest BCUT2D eigenvalue weighted by Gasteiger charge is 2.30. The molecule has 0 aromatic carbocycles. The van der Waals surface area contributed by atoms with Gasteiger partial charge in [0.1, 0.15) is 0 Å². The van der Waals surface area contributed by atoms with Crippen molar-refractivity contribution < 1.29 is 0 Å². The highest BCUT2D eigenvalue weighted by atomic mass is 15.2. The van der Waals surface area contributed by atoms with Gasteiger partial charge in [0.15, 0.2) is 0 Å². The van der Waals surface area contributed by atoms with Crippen LogP contribution in [-0.4, -0.2) is 36.6 Å². The third-order valence-electron chi connectivity index (χ3n) is 5.86. The Morgan fingerprint density at radius 1 is 0.950 bits per heavy atom. The van der Waals surface area contributed by atoms with Crippen molar-refractivity contribution in [1.29, 1.82) is 0 Å². The Kier molecular flexibility index (Phi) is 6.83. The minimum Gasteiger partial charge on any atom is -0.314 e. The molecule has 0 spiro atoms. The fourth-order valence-corrected chi connectivity index (χ4v) is 4.34. The first-order chi connectivity index (χ1) is 9.74. The molecule has 20 heavy (non-hydrogen) atoms. The van der Waals surface area contributed by atoms with Crippen LogP contribution in [0, 0.1) is 5.92 Å². The van der Waals surface area contributed by atoms with Crippen LogP contribution in [0.2, 0.25) is 0 Å². The van der Waals surface area contributed by atoms with Crippen molar-refractivity contribution in [3.63, 3.8) is 0 Å². The molecule has 0 aromatic rings. The Bertz CT molecular complexity index is 258. The predicted octanol–water partition coefficient (Wildman–Crippen LogP) is 4.20. The smallest absolute Gasteiger partial charge is 0.00977 e. The molecule has 0 radical (unpaired) electrons. The molecule has 2 saturated carbocycles. The summed E-state index contributed by atoms with van der Waals surface area (Å²) in [6.07, 6.45) is 14.1. The summed E-state index contributed by atoms with van der Waals surface area (Å²) in [4.78, 5) is 2.76. The highest BCUT2D eigenvalue weighted by Crippen LogP contribution is 2.32. The van der Waals surface area contributed by atoms with E-state index < -0.39 is 0 Å². The molecule has 2 atom stereocenters. The average molecular weight is 280 g/mol. The van der Waals surface area contributed by atoms with Gasteiger partial charge in [-0.1, -0.05) is 33.1 Å². The lowest BCUT2D eigenvalue weighted by Gasteiger charge is -2.42. The lowest BCUT2D eigenvalue weighted by Crippen LogP contribution is -2.46. The molecular weight excluding hydrogens is 244 g/mol. The van der Waals surface area contributed by atoms with E-state index in [2.05, 4.69) is 31.1 Å².